The third kappa shape index (κ3) is 7.47. The van der Waals surface area contributed by atoms with Crippen LogP contribution in [0.3, 0.4) is 0 Å². The predicted octanol–water partition coefficient (Wildman–Crippen LogP) is 4.20. The summed E-state index contributed by atoms with van der Waals surface area (Å²) in [6.45, 7) is 9.69. The summed E-state index contributed by atoms with van der Waals surface area (Å²) in [4.78, 5) is 36.7. The zero-order valence-corrected chi connectivity index (χ0v) is 22.7. The summed E-state index contributed by atoms with van der Waals surface area (Å²) < 4.78 is 5.71. The summed E-state index contributed by atoms with van der Waals surface area (Å²) in [6.07, 6.45) is 4.20. The summed E-state index contributed by atoms with van der Waals surface area (Å²) >= 11 is 0. The molecule has 1 aliphatic rings. The molecule has 202 valence electrons. The molecule has 0 bridgehead atoms. The molecule has 2 amide bonds. The zero-order valence-electron chi connectivity index (χ0n) is 22.7. The second kappa shape index (κ2) is 13.3. The van der Waals surface area contributed by atoms with Gasteiger partial charge in [0.05, 0.1) is 5.69 Å². The summed E-state index contributed by atoms with van der Waals surface area (Å²) in [5.41, 5.74) is 2.86. The van der Waals surface area contributed by atoms with Crippen molar-refractivity contribution in [3.8, 4) is 0 Å². The molecular formula is C29H38N6O3. The number of carbonyl (C=O) groups is 2. The van der Waals surface area contributed by atoms with E-state index in [1.807, 2.05) is 72.3 Å². The maximum Gasteiger partial charge on any atom is 0.223 e. The van der Waals surface area contributed by atoms with Crippen LogP contribution < -0.4 is 4.90 Å². The van der Waals surface area contributed by atoms with Gasteiger partial charge in [-0.05, 0) is 36.6 Å². The molecule has 0 spiro atoms. The smallest absolute Gasteiger partial charge is 0.223 e. The van der Waals surface area contributed by atoms with E-state index in [0.717, 1.165) is 49.4 Å². The average molecular weight is 519 g/mol. The second-order valence-electron chi connectivity index (χ2n) is 10.1. The number of hydrogen-bond acceptors (Lipinski definition) is 7. The highest BCUT2D eigenvalue weighted by atomic mass is 16.4. The van der Waals surface area contributed by atoms with Crippen molar-refractivity contribution in [1.29, 1.82) is 0 Å². The molecular weight excluding hydrogens is 480 g/mol. The maximum absolute atomic E-state index is 13.5. The Labute approximate surface area is 224 Å². The van der Waals surface area contributed by atoms with Crippen molar-refractivity contribution >= 4 is 17.5 Å². The Morgan fingerprint density at radius 1 is 0.974 bits per heavy atom. The molecule has 2 aromatic heterocycles. The number of nitrogens with zero attached hydrogens (tertiary/aromatic N) is 6. The Morgan fingerprint density at radius 2 is 1.74 bits per heavy atom. The third-order valence-electron chi connectivity index (χ3n) is 6.78. The normalized spacial score (nSPS) is 15.6. The first-order valence-electron chi connectivity index (χ1n) is 13.5. The van der Waals surface area contributed by atoms with Crippen LogP contribution in [0.1, 0.15) is 69.0 Å². The number of pyridine rings is 1. The van der Waals surface area contributed by atoms with E-state index in [4.69, 9.17) is 4.42 Å². The SMILES string of the molecule is CC(=O)N1CCCN(Cc2ccccn2)CCCN(C(=O)CCc2nnc(C(C)C)o2)Cc2ccccc21. The number of hydrogen-bond donors (Lipinski definition) is 0. The number of carbonyl (C=O) groups excluding carboxylic acids is 2. The van der Waals surface area contributed by atoms with Gasteiger partial charge in [-0.1, -0.05) is 38.1 Å². The summed E-state index contributed by atoms with van der Waals surface area (Å²) in [7, 11) is 0. The Balaban J connectivity index is 1.53. The van der Waals surface area contributed by atoms with Crippen LogP contribution in [0.5, 0.6) is 0 Å². The second-order valence-corrected chi connectivity index (χ2v) is 10.1. The molecule has 0 saturated heterocycles. The molecule has 3 aromatic rings. The Kier molecular flexibility index (Phi) is 9.59. The Hall–Kier alpha value is -3.59. The minimum atomic E-state index is 0.000937. The van der Waals surface area contributed by atoms with Crippen LogP contribution in [0.15, 0.2) is 53.1 Å². The fourth-order valence-corrected chi connectivity index (χ4v) is 4.75. The molecule has 3 heterocycles. The van der Waals surface area contributed by atoms with Gasteiger partial charge in [-0.2, -0.15) is 0 Å². The number of anilines is 1. The van der Waals surface area contributed by atoms with E-state index in [-0.39, 0.29) is 24.2 Å². The Bertz CT molecular complexity index is 1200. The molecule has 0 unspecified atom stereocenters. The first-order chi connectivity index (χ1) is 18.4. The monoisotopic (exact) mass is 518 g/mol. The van der Waals surface area contributed by atoms with Crippen LogP contribution >= 0.6 is 0 Å². The molecule has 9 heteroatoms. The van der Waals surface area contributed by atoms with Crippen LogP contribution in [0.2, 0.25) is 0 Å². The molecule has 0 aliphatic carbocycles. The van der Waals surface area contributed by atoms with Crippen molar-refractivity contribution in [2.24, 2.45) is 0 Å². The zero-order chi connectivity index (χ0) is 26.9. The van der Waals surface area contributed by atoms with Gasteiger partial charge in [0.2, 0.25) is 23.6 Å². The number of amides is 2. The lowest BCUT2D eigenvalue weighted by Crippen LogP contribution is -2.38. The summed E-state index contributed by atoms with van der Waals surface area (Å²) in [6, 6.07) is 13.9. The van der Waals surface area contributed by atoms with Gasteiger partial charge in [-0.25, -0.2) is 0 Å². The molecule has 1 aromatic carbocycles. The van der Waals surface area contributed by atoms with Gasteiger partial charge >= 0.3 is 0 Å². The van der Waals surface area contributed by atoms with Crippen molar-refractivity contribution in [3.63, 3.8) is 0 Å². The van der Waals surface area contributed by atoms with Gasteiger partial charge < -0.3 is 14.2 Å². The van der Waals surface area contributed by atoms with Crippen LogP contribution in [-0.2, 0) is 29.1 Å². The van der Waals surface area contributed by atoms with Crippen LogP contribution in [-0.4, -0.2) is 63.0 Å². The lowest BCUT2D eigenvalue weighted by Gasteiger charge is -2.31. The molecule has 0 fully saturated rings. The number of aryl methyl sites for hydroxylation is 1. The fourth-order valence-electron chi connectivity index (χ4n) is 4.75. The van der Waals surface area contributed by atoms with E-state index in [0.29, 0.717) is 37.8 Å². The quantitative estimate of drug-likeness (QED) is 0.483. The van der Waals surface area contributed by atoms with Gasteiger partial charge in [-0.15, -0.1) is 10.2 Å². The Morgan fingerprint density at radius 3 is 2.45 bits per heavy atom. The van der Waals surface area contributed by atoms with Crippen LogP contribution in [0, 0.1) is 0 Å². The third-order valence-corrected chi connectivity index (χ3v) is 6.78. The van der Waals surface area contributed by atoms with Crippen molar-refractivity contribution in [3.05, 3.63) is 71.7 Å². The lowest BCUT2D eigenvalue weighted by molar-refractivity contribution is -0.132. The molecule has 0 radical (unpaired) electrons. The first-order valence-corrected chi connectivity index (χ1v) is 13.5. The molecule has 9 nitrogen and oxygen atoms in total. The number of benzene rings is 1. The van der Waals surface area contributed by atoms with Gasteiger partial charge in [0, 0.05) is 76.8 Å². The fraction of sp³-hybridized carbons (Fsp3) is 0.483. The van der Waals surface area contributed by atoms with Gasteiger partial charge in [0.25, 0.3) is 0 Å². The van der Waals surface area contributed by atoms with Crippen molar-refractivity contribution in [1.82, 2.24) is 25.0 Å². The van der Waals surface area contributed by atoms with Crippen molar-refractivity contribution in [2.75, 3.05) is 31.1 Å². The molecule has 1 aliphatic heterocycles. The highest BCUT2D eigenvalue weighted by molar-refractivity contribution is 5.92. The van der Waals surface area contributed by atoms with E-state index in [9.17, 15) is 9.59 Å². The topological polar surface area (TPSA) is 95.7 Å². The number of rotatable bonds is 6. The van der Waals surface area contributed by atoms with E-state index >= 15 is 0 Å². The van der Waals surface area contributed by atoms with Gasteiger partial charge in [0.15, 0.2) is 0 Å². The average Bonchev–Trinajstić information content (AvgIpc) is 3.39. The van der Waals surface area contributed by atoms with Gasteiger partial charge in [-0.3, -0.25) is 19.5 Å². The first kappa shape index (κ1) is 27.4. The molecule has 0 saturated carbocycles. The van der Waals surface area contributed by atoms with Crippen LogP contribution in [0.25, 0.3) is 0 Å². The largest absolute Gasteiger partial charge is 0.425 e. The van der Waals surface area contributed by atoms with Crippen molar-refractivity contribution < 1.29 is 14.0 Å². The standard InChI is InChI=1S/C29H38N6O3/c1-22(2)29-32-31-27(38-29)13-14-28(37)34-18-8-16-33(21-25-11-6-7-15-30-25)17-9-19-35(23(3)36)26-12-5-4-10-24(26)20-34/h4-7,10-12,15,22H,8-9,13-14,16-21H2,1-3H3. The predicted molar refractivity (Wildman–Crippen MR) is 145 cm³/mol. The maximum atomic E-state index is 13.5. The molecule has 4 rings (SSSR count). The van der Waals surface area contributed by atoms with Crippen LogP contribution in [0.4, 0.5) is 5.69 Å². The highest BCUT2D eigenvalue weighted by Gasteiger charge is 2.22. The highest BCUT2D eigenvalue weighted by Crippen LogP contribution is 2.24. The van der Waals surface area contributed by atoms with Gasteiger partial charge in [0.1, 0.15) is 0 Å². The number of aromatic nitrogens is 3. The van der Waals surface area contributed by atoms with E-state index in [1.165, 1.54) is 0 Å². The molecule has 0 atom stereocenters. The minimum absolute atomic E-state index is 0.000937. The molecule has 38 heavy (non-hydrogen) atoms. The summed E-state index contributed by atoms with van der Waals surface area (Å²) in [5, 5.41) is 8.19. The van der Waals surface area contributed by atoms with E-state index in [1.54, 1.807) is 6.92 Å². The summed E-state index contributed by atoms with van der Waals surface area (Å²) in [5.74, 6) is 1.26. The van der Waals surface area contributed by atoms with E-state index in [2.05, 4.69) is 20.1 Å². The molecule has 0 N–H and O–H groups in total. The van der Waals surface area contributed by atoms with Crippen molar-refractivity contribution in [2.45, 2.75) is 65.5 Å². The minimum Gasteiger partial charge on any atom is -0.425 e. The van der Waals surface area contributed by atoms with E-state index < -0.39 is 0 Å². The number of fused-ring (bicyclic) bond motifs is 1. The lowest BCUT2D eigenvalue weighted by atomic mass is 10.1. The number of para-hydroxylation sites is 1.